The fraction of sp³-hybridized carbons (Fsp3) is 0.696. The van der Waals surface area contributed by atoms with Crippen LogP contribution in [-0.4, -0.2) is 64.3 Å². The van der Waals surface area contributed by atoms with Crippen LogP contribution in [0.15, 0.2) is 29.2 Å². The van der Waals surface area contributed by atoms with E-state index in [1.165, 1.54) is 31.4 Å². The summed E-state index contributed by atoms with van der Waals surface area (Å²) in [5, 5.41) is 6.18. The molecule has 5 fully saturated rings. The van der Waals surface area contributed by atoms with Crippen LogP contribution >= 0.6 is 0 Å². The van der Waals surface area contributed by atoms with Crippen molar-refractivity contribution in [2.24, 2.45) is 17.8 Å². The maximum absolute atomic E-state index is 12.7. The van der Waals surface area contributed by atoms with Crippen LogP contribution in [0.4, 0.5) is 10.5 Å². The van der Waals surface area contributed by atoms with Crippen LogP contribution in [0.5, 0.6) is 0 Å². The van der Waals surface area contributed by atoms with Crippen LogP contribution in [0.2, 0.25) is 0 Å². The van der Waals surface area contributed by atoms with Gasteiger partial charge in [0.05, 0.1) is 18.1 Å². The first kappa shape index (κ1) is 22.1. The summed E-state index contributed by atoms with van der Waals surface area (Å²) >= 11 is 0. The highest BCUT2D eigenvalue weighted by Gasteiger charge is 2.51. The number of sulfonamides is 1. The van der Waals surface area contributed by atoms with E-state index in [-0.39, 0.29) is 16.5 Å². The standard InChI is InChI=1S/C23H34N4O4S/c28-22(26-23-14-17-11-18(15-23)13-19(12-17)16-23)25-20-1-3-21(4-2-20)32(29,30)24-5-6-27-7-9-31-10-8-27/h1-4,17-19,24H,5-16H2,(H2,25,26,28). The van der Waals surface area contributed by atoms with Crippen LogP contribution in [0.3, 0.4) is 0 Å². The number of urea groups is 1. The minimum Gasteiger partial charge on any atom is -0.379 e. The predicted molar refractivity (Wildman–Crippen MR) is 122 cm³/mol. The SMILES string of the molecule is O=C(Nc1ccc(S(=O)(=O)NCCN2CCOCC2)cc1)NC12CC3CC(CC(C3)C1)C2. The molecule has 0 aromatic heterocycles. The molecule has 0 unspecified atom stereocenters. The molecule has 5 aliphatic rings. The van der Waals surface area contributed by atoms with E-state index in [4.69, 9.17) is 4.74 Å². The minimum absolute atomic E-state index is 0.0491. The molecule has 9 heteroatoms. The van der Waals surface area contributed by atoms with E-state index < -0.39 is 10.0 Å². The maximum atomic E-state index is 12.7. The fourth-order valence-electron chi connectivity index (χ4n) is 6.63. The molecule has 4 saturated carbocycles. The Balaban J connectivity index is 1.13. The molecule has 4 aliphatic carbocycles. The number of anilines is 1. The zero-order valence-electron chi connectivity index (χ0n) is 18.5. The number of rotatable bonds is 7. The largest absolute Gasteiger partial charge is 0.379 e. The van der Waals surface area contributed by atoms with E-state index in [1.807, 2.05) is 0 Å². The van der Waals surface area contributed by atoms with E-state index in [0.29, 0.717) is 32.0 Å². The van der Waals surface area contributed by atoms with Crippen LogP contribution in [0.1, 0.15) is 38.5 Å². The molecule has 1 aliphatic heterocycles. The second-order valence-corrected chi connectivity index (χ2v) is 11.9. The van der Waals surface area contributed by atoms with Gasteiger partial charge < -0.3 is 15.4 Å². The number of morpholine rings is 1. The molecule has 1 saturated heterocycles. The molecule has 3 N–H and O–H groups in total. The van der Waals surface area contributed by atoms with Gasteiger partial charge in [-0.1, -0.05) is 0 Å². The molecular formula is C23H34N4O4S. The van der Waals surface area contributed by atoms with Crippen molar-refractivity contribution >= 4 is 21.7 Å². The minimum atomic E-state index is -3.58. The smallest absolute Gasteiger partial charge is 0.319 e. The molecule has 1 heterocycles. The molecular weight excluding hydrogens is 428 g/mol. The zero-order chi connectivity index (χ0) is 22.2. The normalized spacial score (nSPS) is 32.1. The van der Waals surface area contributed by atoms with Gasteiger partial charge >= 0.3 is 6.03 Å². The summed E-state index contributed by atoms with van der Waals surface area (Å²) in [6.07, 6.45) is 7.29. The summed E-state index contributed by atoms with van der Waals surface area (Å²) < 4.78 is 33.1. The molecule has 8 nitrogen and oxygen atoms in total. The highest BCUT2D eigenvalue weighted by Crippen LogP contribution is 2.55. The van der Waals surface area contributed by atoms with Gasteiger partial charge in [0.2, 0.25) is 10.0 Å². The van der Waals surface area contributed by atoms with Crippen molar-refractivity contribution in [3.05, 3.63) is 24.3 Å². The summed E-state index contributed by atoms with van der Waals surface area (Å²) in [4.78, 5) is 15.1. The lowest BCUT2D eigenvalue weighted by Gasteiger charge is -2.56. The van der Waals surface area contributed by atoms with Crippen LogP contribution in [-0.2, 0) is 14.8 Å². The second kappa shape index (κ2) is 8.93. The van der Waals surface area contributed by atoms with Gasteiger partial charge in [0, 0.05) is 37.4 Å². The van der Waals surface area contributed by atoms with Gasteiger partial charge in [-0.05, 0) is 80.5 Å². The molecule has 2 amide bonds. The molecule has 1 aromatic rings. The Hall–Kier alpha value is -1.68. The first-order chi connectivity index (χ1) is 15.4. The van der Waals surface area contributed by atoms with Gasteiger partial charge in [-0.3, -0.25) is 4.90 Å². The van der Waals surface area contributed by atoms with E-state index in [0.717, 1.165) is 50.1 Å². The summed E-state index contributed by atoms with van der Waals surface area (Å²) in [5.74, 6) is 2.30. The number of hydrogen-bond donors (Lipinski definition) is 3. The van der Waals surface area contributed by atoms with Gasteiger partial charge in [-0.15, -0.1) is 0 Å². The maximum Gasteiger partial charge on any atom is 0.319 e. The van der Waals surface area contributed by atoms with Crippen molar-refractivity contribution in [1.82, 2.24) is 14.9 Å². The molecule has 1 aromatic carbocycles. The first-order valence-corrected chi connectivity index (χ1v) is 13.4. The third kappa shape index (κ3) is 4.95. The fourth-order valence-corrected chi connectivity index (χ4v) is 7.65. The molecule has 176 valence electrons. The van der Waals surface area contributed by atoms with E-state index in [2.05, 4.69) is 20.3 Å². The van der Waals surface area contributed by atoms with E-state index >= 15 is 0 Å². The van der Waals surface area contributed by atoms with Crippen molar-refractivity contribution in [3.8, 4) is 0 Å². The molecule has 0 radical (unpaired) electrons. The Kier molecular flexibility index (Phi) is 6.17. The van der Waals surface area contributed by atoms with Crippen LogP contribution in [0, 0.1) is 17.8 Å². The van der Waals surface area contributed by atoms with Crippen LogP contribution < -0.4 is 15.4 Å². The Morgan fingerprint density at radius 1 is 1.00 bits per heavy atom. The number of nitrogens with zero attached hydrogens (tertiary/aromatic N) is 1. The van der Waals surface area contributed by atoms with Gasteiger partial charge in [-0.2, -0.15) is 0 Å². The quantitative estimate of drug-likeness (QED) is 0.578. The highest BCUT2D eigenvalue weighted by atomic mass is 32.2. The Labute approximate surface area is 190 Å². The average Bonchev–Trinajstić information content (AvgIpc) is 2.73. The van der Waals surface area contributed by atoms with Crippen LogP contribution in [0.25, 0.3) is 0 Å². The molecule has 4 bridgehead atoms. The van der Waals surface area contributed by atoms with Crippen molar-refractivity contribution in [3.63, 3.8) is 0 Å². The number of nitrogens with one attached hydrogen (secondary N) is 3. The zero-order valence-corrected chi connectivity index (χ0v) is 19.3. The van der Waals surface area contributed by atoms with Crippen molar-refractivity contribution < 1.29 is 17.9 Å². The molecule has 0 atom stereocenters. The molecule has 6 rings (SSSR count). The number of ether oxygens (including phenoxy) is 1. The predicted octanol–water partition coefficient (Wildman–Crippen LogP) is 2.39. The monoisotopic (exact) mass is 462 g/mol. The highest BCUT2D eigenvalue weighted by molar-refractivity contribution is 7.89. The summed E-state index contributed by atoms with van der Waals surface area (Å²) in [6, 6.07) is 6.19. The number of carbonyl (C=O) groups excluding carboxylic acids is 1. The van der Waals surface area contributed by atoms with Crippen molar-refractivity contribution in [2.75, 3.05) is 44.7 Å². The lowest BCUT2D eigenvalue weighted by Crippen LogP contribution is -2.60. The van der Waals surface area contributed by atoms with Gasteiger partial charge in [-0.25, -0.2) is 17.9 Å². The van der Waals surface area contributed by atoms with Gasteiger partial charge in [0.25, 0.3) is 0 Å². The average molecular weight is 463 g/mol. The lowest BCUT2D eigenvalue weighted by atomic mass is 9.53. The second-order valence-electron chi connectivity index (χ2n) is 10.2. The van der Waals surface area contributed by atoms with Gasteiger partial charge in [0.15, 0.2) is 0 Å². The number of carbonyl (C=O) groups is 1. The van der Waals surface area contributed by atoms with Gasteiger partial charge in [0.1, 0.15) is 0 Å². The Morgan fingerprint density at radius 2 is 1.59 bits per heavy atom. The van der Waals surface area contributed by atoms with E-state index in [9.17, 15) is 13.2 Å². The van der Waals surface area contributed by atoms with Crippen molar-refractivity contribution in [2.45, 2.75) is 49.0 Å². The Bertz CT molecular complexity index is 893. The summed E-state index contributed by atoms with van der Waals surface area (Å²) in [6.45, 7) is 4.05. The number of hydrogen-bond acceptors (Lipinski definition) is 5. The Morgan fingerprint density at radius 3 is 2.19 bits per heavy atom. The third-order valence-electron chi connectivity index (χ3n) is 7.66. The lowest BCUT2D eigenvalue weighted by molar-refractivity contribution is -0.0127. The summed E-state index contributed by atoms with van der Waals surface area (Å²) in [5.41, 5.74) is 0.548. The first-order valence-electron chi connectivity index (χ1n) is 11.9. The topological polar surface area (TPSA) is 99.8 Å². The number of benzene rings is 1. The van der Waals surface area contributed by atoms with Crippen molar-refractivity contribution in [1.29, 1.82) is 0 Å². The van der Waals surface area contributed by atoms with E-state index in [1.54, 1.807) is 12.1 Å². The third-order valence-corrected chi connectivity index (χ3v) is 9.14. The molecule has 32 heavy (non-hydrogen) atoms. The summed E-state index contributed by atoms with van der Waals surface area (Å²) in [7, 11) is -3.58. The molecule has 0 spiro atoms. The number of amides is 2.